The summed E-state index contributed by atoms with van der Waals surface area (Å²) in [6.07, 6.45) is 0. The molecule has 0 spiro atoms. The lowest BCUT2D eigenvalue weighted by molar-refractivity contribution is 0.0963. The molecule has 0 heterocycles. The van der Waals surface area contributed by atoms with Gasteiger partial charge in [-0.15, -0.1) is 0 Å². The van der Waals surface area contributed by atoms with Crippen LogP contribution in [0.1, 0.15) is 15.9 Å². The summed E-state index contributed by atoms with van der Waals surface area (Å²) in [5, 5.41) is 7.89. The summed E-state index contributed by atoms with van der Waals surface area (Å²) in [5.41, 5.74) is 1.59. The third-order valence-electron chi connectivity index (χ3n) is 3.62. The van der Waals surface area contributed by atoms with Crippen molar-refractivity contribution in [2.75, 3.05) is 33.1 Å². The maximum absolute atomic E-state index is 12.0. The number of benzene rings is 2. The second kappa shape index (κ2) is 9.73. The third-order valence-corrected chi connectivity index (χ3v) is 3.62. The predicted molar refractivity (Wildman–Crippen MR) is 103 cm³/mol. The van der Waals surface area contributed by atoms with E-state index >= 15 is 0 Å². The molecule has 0 saturated heterocycles. The standard InChI is InChI=1S/C20H21N3O4/c1-21-19(24)16-9-5-4-7-14(16)8-6-12-22-20(25)23-17-11-10-15(26-2)13-18(17)27-3/h4-5,7,9-11,13H,12H2,1-3H3,(H,21,24)(H2,22,23,25). The summed E-state index contributed by atoms with van der Waals surface area (Å²) >= 11 is 0. The van der Waals surface area contributed by atoms with Crippen molar-refractivity contribution in [2.24, 2.45) is 0 Å². The maximum Gasteiger partial charge on any atom is 0.320 e. The third kappa shape index (κ3) is 5.41. The number of hydrogen-bond donors (Lipinski definition) is 3. The van der Waals surface area contributed by atoms with E-state index in [9.17, 15) is 9.59 Å². The van der Waals surface area contributed by atoms with E-state index in [-0.39, 0.29) is 12.5 Å². The zero-order chi connectivity index (χ0) is 19.6. The Morgan fingerprint density at radius 1 is 1.07 bits per heavy atom. The monoisotopic (exact) mass is 367 g/mol. The highest BCUT2D eigenvalue weighted by atomic mass is 16.5. The van der Waals surface area contributed by atoms with Crippen LogP contribution in [0, 0.1) is 11.8 Å². The number of amides is 3. The van der Waals surface area contributed by atoms with E-state index in [1.165, 1.54) is 7.11 Å². The van der Waals surface area contributed by atoms with E-state index in [0.29, 0.717) is 28.3 Å². The molecule has 0 atom stereocenters. The lowest BCUT2D eigenvalue weighted by Crippen LogP contribution is -2.29. The number of carbonyl (C=O) groups excluding carboxylic acids is 2. The van der Waals surface area contributed by atoms with Gasteiger partial charge in [0.15, 0.2) is 0 Å². The lowest BCUT2D eigenvalue weighted by Gasteiger charge is -2.11. The molecule has 2 rings (SSSR count). The van der Waals surface area contributed by atoms with Crippen molar-refractivity contribution in [3.05, 3.63) is 53.6 Å². The number of hydrogen-bond acceptors (Lipinski definition) is 4. The van der Waals surface area contributed by atoms with E-state index in [0.717, 1.165) is 0 Å². The van der Waals surface area contributed by atoms with Gasteiger partial charge < -0.3 is 25.4 Å². The highest BCUT2D eigenvalue weighted by Gasteiger charge is 2.08. The first-order chi connectivity index (χ1) is 13.1. The van der Waals surface area contributed by atoms with Gasteiger partial charge in [0.25, 0.3) is 5.91 Å². The van der Waals surface area contributed by atoms with Crippen LogP contribution in [0.25, 0.3) is 0 Å². The van der Waals surface area contributed by atoms with Crippen molar-refractivity contribution in [3.63, 3.8) is 0 Å². The number of carbonyl (C=O) groups is 2. The number of methoxy groups -OCH3 is 2. The molecule has 3 N–H and O–H groups in total. The average molecular weight is 367 g/mol. The highest BCUT2D eigenvalue weighted by molar-refractivity contribution is 5.96. The Labute approximate surface area is 158 Å². The molecule has 3 amide bonds. The van der Waals surface area contributed by atoms with Crippen LogP contribution in [0.5, 0.6) is 11.5 Å². The molecular weight excluding hydrogens is 346 g/mol. The minimum atomic E-state index is -0.424. The zero-order valence-corrected chi connectivity index (χ0v) is 15.4. The molecule has 0 saturated carbocycles. The first-order valence-corrected chi connectivity index (χ1v) is 8.16. The average Bonchev–Trinajstić information content (AvgIpc) is 2.71. The number of anilines is 1. The van der Waals surface area contributed by atoms with Crippen molar-refractivity contribution in [1.82, 2.24) is 10.6 Å². The van der Waals surface area contributed by atoms with Crippen LogP contribution in [0.3, 0.4) is 0 Å². The SMILES string of the molecule is CNC(=O)c1ccccc1C#CCNC(=O)Nc1ccc(OC)cc1OC. The Bertz CT molecular complexity index is 884. The summed E-state index contributed by atoms with van der Waals surface area (Å²) in [7, 11) is 4.62. The molecule has 7 heteroatoms. The molecule has 0 unspecified atom stereocenters. The molecule has 0 aliphatic rings. The van der Waals surface area contributed by atoms with Crippen LogP contribution in [0.15, 0.2) is 42.5 Å². The minimum Gasteiger partial charge on any atom is -0.497 e. The molecular formula is C20H21N3O4. The Kier molecular flexibility index (Phi) is 7.08. The van der Waals surface area contributed by atoms with Crippen molar-refractivity contribution in [1.29, 1.82) is 0 Å². The topological polar surface area (TPSA) is 88.7 Å². The Morgan fingerprint density at radius 3 is 2.56 bits per heavy atom. The quantitative estimate of drug-likeness (QED) is 0.707. The summed E-state index contributed by atoms with van der Waals surface area (Å²) < 4.78 is 10.3. The van der Waals surface area contributed by atoms with Crippen molar-refractivity contribution >= 4 is 17.6 Å². The number of rotatable bonds is 5. The normalized spacial score (nSPS) is 9.44. The van der Waals surface area contributed by atoms with E-state index < -0.39 is 6.03 Å². The summed E-state index contributed by atoms with van der Waals surface area (Å²) in [5.74, 6) is 6.62. The van der Waals surface area contributed by atoms with Crippen LogP contribution in [-0.2, 0) is 0 Å². The van der Waals surface area contributed by atoms with Crippen LogP contribution in [0.4, 0.5) is 10.5 Å². The Morgan fingerprint density at radius 2 is 1.85 bits per heavy atom. The van der Waals surface area contributed by atoms with Gasteiger partial charge >= 0.3 is 6.03 Å². The first-order valence-electron chi connectivity index (χ1n) is 8.16. The fraction of sp³-hybridized carbons (Fsp3) is 0.200. The molecule has 2 aromatic carbocycles. The molecule has 0 radical (unpaired) electrons. The fourth-order valence-electron chi connectivity index (χ4n) is 2.26. The first kappa shape index (κ1) is 19.7. The van der Waals surface area contributed by atoms with Gasteiger partial charge in [-0.25, -0.2) is 4.79 Å². The molecule has 140 valence electrons. The van der Waals surface area contributed by atoms with Gasteiger partial charge in [-0.05, 0) is 24.3 Å². The molecule has 0 aliphatic carbocycles. The van der Waals surface area contributed by atoms with Gasteiger partial charge in [-0.1, -0.05) is 24.0 Å². The predicted octanol–water partition coefficient (Wildman–Crippen LogP) is 2.24. The van der Waals surface area contributed by atoms with Crippen molar-refractivity contribution in [2.45, 2.75) is 0 Å². The smallest absolute Gasteiger partial charge is 0.320 e. The van der Waals surface area contributed by atoms with Crippen molar-refractivity contribution in [3.8, 4) is 23.3 Å². The summed E-state index contributed by atoms with van der Waals surface area (Å²) in [4.78, 5) is 23.8. The number of ether oxygens (including phenoxy) is 2. The van der Waals surface area contributed by atoms with Gasteiger partial charge in [0.2, 0.25) is 0 Å². The molecule has 27 heavy (non-hydrogen) atoms. The van der Waals surface area contributed by atoms with E-state index in [1.807, 2.05) is 0 Å². The second-order valence-electron chi connectivity index (χ2n) is 5.30. The van der Waals surface area contributed by atoms with E-state index in [2.05, 4.69) is 27.8 Å². The minimum absolute atomic E-state index is 0.117. The fourth-order valence-corrected chi connectivity index (χ4v) is 2.26. The Balaban J connectivity index is 1.97. The van der Waals surface area contributed by atoms with Gasteiger partial charge in [0, 0.05) is 18.7 Å². The van der Waals surface area contributed by atoms with E-state index in [4.69, 9.17) is 9.47 Å². The largest absolute Gasteiger partial charge is 0.497 e. The van der Waals surface area contributed by atoms with Crippen LogP contribution >= 0.6 is 0 Å². The summed E-state index contributed by atoms with van der Waals surface area (Å²) in [6, 6.07) is 11.7. The second-order valence-corrected chi connectivity index (χ2v) is 5.30. The lowest BCUT2D eigenvalue weighted by atomic mass is 10.1. The molecule has 0 bridgehead atoms. The number of urea groups is 1. The van der Waals surface area contributed by atoms with Gasteiger partial charge in [0.1, 0.15) is 11.5 Å². The van der Waals surface area contributed by atoms with Crippen LogP contribution < -0.4 is 25.4 Å². The summed E-state index contributed by atoms with van der Waals surface area (Å²) in [6.45, 7) is 0.117. The van der Waals surface area contributed by atoms with Gasteiger partial charge in [0.05, 0.1) is 32.0 Å². The zero-order valence-electron chi connectivity index (χ0n) is 15.4. The maximum atomic E-state index is 12.0. The molecule has 0 aromatic heterocycles. The molecule has 0 fully saturated rings. The van der Waals surface area contributed by atoms with Crippen LogP contribution in [-0.4, -0.2) is 39.8 Å². The van der Waals surface area contributed by atoms with Crippen molar-refractivity contribution < 1.29 is 19.1 Å². The molecule has 7 nitrogen and oxygen atoms in total. The number of nitrogens with one attached hydrogen (secondary N) is 3. The highest BCUT2D eigenvalue weighted by Crippen LogP contribution is 2.28. The molecule has 2 aromatic rings. The van der Waals surface area contributed by atoms with Crippen LogP contribution in [0.2, 0.25) is 0 Å². The molecule has 0 aliphatic heterocycles. The van der Waals surface area contributed by atoms with Gasteiger partial charge in [-0.3, -0.25) is 4.79 Å². The van der Waals surface area contributed by atoms with Gasteiger partial charge in [-0.2, -0.15) is 0 Å². The van der Waals surface area contributed by atoms with E-state index in [1.54, 1.807) is 56.6 Å². The Hall–Kier alpha value is -3.66.